The second-order valence-electron chi connectivity index (χ2n) is 31.2. The standard InChI is InChI=1S/C17H20.C16H14O3.C10H10O2.C9H20O4.C9H16O2.C8H24O4Si4.C8H24O2Si3.4CH4/c1-13-5-9-15(10-6-13)17(3,4)16-11-7-14(2)8-12-16;1-11(17)13-3-7-15(8-4-13)19-16-9-5-14(6-10-16)12(2)18;1-7(11)9-3-5-10(6-4-9)8(2)12;1-10-5-9(6-11-2,7-12-3)8-13-4;1-10-8-4-7-3-6(8)5-9(7)11-2;1-13(2)9-14(3,4)11-16(7,8)12-15(5,6)10-13;1-11(2,3)9-13(7,8)10-12(4,5)6;;;;/h5-12H,1-4H3;3-10H,1-2H3;3-6H,1-2H3;5-8H2,1-4H3;6-9H,3-5H2,1-2H3;1-8H3;1-8H3;4*1H4. The molecule has 0 spiro atoms. The fourth-order valence-corrected chi connectivity index (χ4v) is 46.3. The van der Waals surface area contributed by atoms with Crippen molar-refractivity contribution in [3.05, 3.63) is 166 Å². The number of methoxy groups -OCH3 is 6. The van der Waals surface area contributed by atoms with Crippen molar-refractivity contribution in [1.29, 1.82) is 0 Å². The van der Waals surface area contributed by atoms with E-state index < -0.39 is 59.4 Å². The summed E-state index contributed by atoms with van der Waals surface area (Å²) >= 11 is 0. The quantitative estimate of drug-likeness (QED) is 0.0469. The third-order valence-electron chi connectivity index (χ3n) is 16.2. The summed E-state index contributed by atoms with van der Waals surface area (Å²) in [6, 6.07) is 38.2. The predicted octanol–water partition coefficient (Wildman–Crippen LogP) is 21.4. The minimum Gasteiger partial charge on any atom is -0.457 e. The summed E-state index contributed by atoms with van der Waals surface area (Å²) in [7, 11) is -2.86. The van der Waals surface area contributed by atoms with E-state index in [0.29, 0.717) is 72.4 Å². The van der Waals surface area contributed by atoms with Gasteiger partial charge in [-0.15, -0.1) is 0 Å². The molecule has 8 rings (SSSR count). The number of aryl methyl sites for hydroxylation is 2. The number of ether oxygens (including phenoxy) is 7. The summed E-state index contributed by atoms with van der Waals surface area (Å²) in [5, 5.41) is 0. The van der Waals surface area contributed by atoms with Gasteiger partial charge >= 0.3 is 42.8 Å². The number of hydrogen-bond donors (Lipinski definition) is 0. The molecule has 5 aromatic carbocycles. The van der Waals surface area contributed by atoms with Crippen LogP contribution >= 0.6 is 0 Å². The molecular weight excluding hydrogens is 1440 g/mol. The SMILES string of the molecule is C.C.C.C.CC(=O)c1ccc(C(C)=O)cc1.CC(=O)c1ccc(Oc2ccc(C(C)=O)cc2)cc1.COC1CC2CC1CC2OC.COCC(COC)(COC)COC.C[Si](C)(C)O[Si](C)(C)O[Si](C)(C)C.C[Si]1(C)O[Si](C)(C)O[Si](C)(C)O[Si](C)(C)O1.Cc1ccc(C(C)(C)c2ccc(C)cc2)cc1. The number of hydrogen-bond acceptors (Lipinski definition) is 17. The van der Waals surface area contributed by atoms with E-state index in [-0.39, 0.29) is 63.7 Å². The first-order valence-electron chi connectivity index (χ1n) is 34.9. The first-order chi connectivity index (χ1) is 46.5. The van der Waals surface area contributed by atoms with Gasteiger partial charge in [-0.1, -0.05) is 127 Å². The van der Waals surface area contributed by atoms with Crippen LogP contribution in [0.4, 0.5) is 0 Å². The summed E-state index contributed by atoms with van der Waals surface area (Å²) in [5.74, 6) is 2.97. The van der Waals surface area contributed by atoms with Crippen molar-refractivity contribution >= 4 is 82.6 Å². The van der Waals surface area contributed by atoms with E-state index in [9.17, 15) is 19.2 Å². The minimum atomic E-state index is -2.11. The van der Waals surface area contributed by atoms with Gasteiger partial charge in [0.15, 0.2) is 39.8 Å². The molecule has 5 aromatic rings. The van der Waals surface area contributed by atoms with Crippen LogP contribution in [0.15, 0.2) is 121 Å². The Bertz CT molecular complexity index is 3000. The fraction of sp³-hybridized carbons (Fsp3) is 0.580. The highest BCUT2D eigenvalue weighted by Gasteiger charge is 2.51. The van der Waals surface area contributed by atoms with Crippen molar-refractivity contribution in [3.63, 3.8) is 0 Å². The van der Waals surface area contributed by atoms with Crippen LogP contribution in [-0.2, 0) is 58.5 Å². The largest absolute Gasteiger partial charge is 0.457 e. The van der Waals surface area contributed by atoms with Crippen LogP contribution in [0.2, 0.25) is 105 Å². The van der Waals surface area contributed by atoms with E-state index in [2.05, 4.69) is 181 Å². The summed E-state index contributed by atoms with van der Waals surface area (Å²) in [6.45, 7) is 51.4. The van der Waals surface area contributed by atoms with Crippen molar-refractivity contribution in [3.8, 4) is 11.5 Å². The molecule has 0 N–H and O–H groups in total. The Balaban J connectivity index is -0.00000116. The van der Waals surface area contributed by atoms with Gasteiger partial charge < -0.3 is 57.8 Å². The Kier molecular flexibility index (Phi) is 46.9. The van der Waals surface area contributed by atoms with Crippen LogP contribution in [0.25, 0.3) is 0 Å². The van der Waals surface area contributed by atoms with Crippen molar-refractivity contribution in [1.82, 2.24) is 0 Å². The number of ketones is 4. The van der Waals surface area contributed by atoms with Crippen LogP contribution in [0.1, 0.15) is 154 Å². The molecule has 2 bridgehead atoms. The number of carbonyl (C=O) groups is 4. The van der Waals surface area contributed by atoms with Gasteiger partial charge in [0.25, 0.3) is 0 Å². The average Bonchev–Trinajstić information content (AvgIpc) is 1.79. The lowest BCUT2D eigenvalue weighted by molar-refractivity contribution is -0.0760. The molecule has 0 aromatic heterocycles. The highest BCUT2D eigenvalue weighted by Crippen LogP contribution is 2.47. The number of rotatable bonds is 22. The van der Waals surface area contributed by atoms with Gasteiger partial charge in [-0.2, -0.15) is 0 Å². The third kappa shape index (κ3) is 40.2. The smallest absolute Gasteiger partial charge is 0.314 e. The zero-order chi connectivity index (χ0) is 77.2. The van der Waals surface area contributed by atoms with Gasteiger partial charge in [-0.25, -0.2) is 0 Å². The van der Waals surface area contributed by atoms with Gasteiger partial charge in [-0.3, -0.25) is 19.2 Å². The molecule has 598 valence electrons. The molecule has 4 unspecified atom stereocenters. The number of fused-ring (bicyclic) bond motifs is 2. The number of benzene rings is 5. The molecule has 0 amide bonds. The maximum absolute atomic E-state index is 11.1. The molecule has 3 aliphatic rings. The summed E-state index contributed by atoms with van der Waals surface area (Å²) in [5.41, 5.74) is 7.83. The third-order valence-corrected chi connectivity index (χ3v) is 40.8. The highest BCUT2D eigenvalue weighted by atomic mass is 28.5. The lowest BCUT2D eigenvalue weighted by Crippen LogP contribution is -2.64. The van der Waals surface area contributed by atoms with E-state index in [1.165, 1.54) is 69.2 Å². The van der Waals surface area contributed by atoms with Crippen molar-refractivity contribution in [2.45, 2.75) is 227 Å². The second-order valence-corrected chi connectivity index (χ2v) is 58.5. The van der Waals surface area contributed by atoms with Crippen LogP contribution in [-0.4, -0.2) is 164 Å². The molecule has 1 aliphatic heterocycles. The first kappa shape index (κ1) is 105. The van der Waals surface area contributed by atoms with Crippen LogP contribution in [0.5, 0.6) is 11.5 Å². The monoisotopic (exact) mass is 1580 g/mol. The molecule has 4 atom stereocenters. The van der Waals surface area contributed by atoms with E-state index >= 15 is 0 Å². The predicted molar refractivity (Wildman–Crippen MR) is 454 cm³/mol. The Labute approximate surface area is 646 Å². The Hall–Kier alpha value is -4.38. The Morgan fingerprint density at radius 2 is 0.619 bits per heavy atom. The molecule has 2 saturated carbocycles. The van der Waals surface area contributed by atoms with E-state index in [1.807, 2.05) is 14.2 Å². The lowest BCUT2D eigenvalue weighted by atomic mass is 9.78. The number of carbonyl (C=O) groups excluding carboxylic acids is 4. The Morgan fingerprint density at radius 1 is 0.390 bits per heavy atom. The van der Waals surface area contributed by atoms with Crippen molar-refractivity contribution in [2.75, 3.05) is 69.1 Å². The zero-order valence-electron chi connectivity index (χ0n) is 67.2. The maximum atomic E-state index is 11.1. The van der Waals surface area contributed by atoms with E-state index in [4.69, 9.17) is 57.8 Å². The molecular formula is C81H144O17Si7. The molecule has 105 heavy (non-hydrogen) atoms. The van der Waals surface area contributed by atoms with Gasteiger partial charge in [0.2, 0.25) is 0 Å². The molecule has 24 heteroatoms. The van der Waals surface area contributed by atoms with E-state index in [0.717, 1.165) is 11.8 Å². The highest BCUT2D eigenvalue weighted by molar-refractivity contribution is 6.92. The zero-order valence-corrected chi connectivity index (χ0v) is 74.2. The first-order valence-corrected chi connectivity index (χ1v) is 55.8. The van der Waals surface area contributed by atoms with Crippen LogP contribution in [0, 0.1) is 31.1 Å². The fourth-order valence-electron chi connectivity index (χ4n) is 12.9. The van der Waals surface area contributed by atoms with Gasteiger partial charge in [0.05, 0.1) is 44.1 Å². The van der Waals surface area contributed by atoms with Gasteiger partial charge in [-0.05, 0) is 237 Å². The number of Topliss-reactive ketones (excluding diaryl/α,β-unsaturated/α-hetero) is 4. The van der Waals surface area contributed by atoms with Crippen LogP contribution in [0.3, 0.4) is 0 Å². The topological polar surface area (TPSA) is 188 Å². The molecule has 3 fully saturated rings. The molecule has 17 nitrogen and oxygen atoms in total. The lowest BCUT2D eigenvalue weighted by Gasteiger charge is -2.46. The maximum Gasteiger partial charge on any atom is 0.314 e. The summed E-state index contributed by atoms with van der Waals surface area (Å²) in [6.07, 6.45) is 4.84. The van der Waals surface area contributed by atoms with Crippen LogP contribution < -0.4 is 4.74 Å². The molecule has 2 aliphatic carbocycles. The molecule has 1 saturated heterocycles. The normalized spacial score (nSPS) is 18.0. The van der Waals surface area contributed by atoms with E-state index in [1.54, 1.807) is 101 Å². The Morgan fingerprint density at radius 3 is 0.810 bits per heavy atom. The summed E-state index contributed by atoms with van der Waals surface area (Å²) in [4.78, 5) is 44.0. The second kappa shape index (κ2) is 47.0. The average molecular weight is 1590 g/mol. The minimum absolute atomic E-state index is 0. The van der Waals surface area contributed by atoms with Crippen molar-refractivity contribution < 1.29 is 77.0 Å². The van der Waals surface area contributed by atoms with Crippen molar-refractivity contribution in [2.24, 2.45) is 17.3 Å². The molecule has 1 heterocycles. The molecule has 0 radical (unpaired) electrons. The van der Waals surface area contributed by atoms with Gasteiger partial charge in [0, 0.05) is 70.3 Å². The summed E-state index contributed by atoms with van der Waals surface area (Å²) < 4.78 is 73.7. The van der Waals surface area contributed by atoms with Gasteiger partial charge in [0.1, 0.15) is 11.5 Å².